The number of amides is 1. The number of pyridine rings is 1. The van der Waals surface area contributed by atoms with Crippen molar-refractivity contribution in [1.29, 1.82) is 0 Å². The molecule has 1 spiro atoms. The Morgan fingerprint density at radius 2 is 2.08 bits per heavy atom. The number of piperidine rings is 1. The van der Waals surface area contributed by atoms with Crippen LogP contribution in [0.3, 0.4) is 0 Å². The summed E-state index contributed by atoms with van der Waals surface area (Å²) in [6, 6.07) is 1.99. The van der Waals surface area contributed by atoms with Gasteiger partial charge in [-0.2, -0.15) is 0 Å². The van der Waals surface area contributed by atoms with E-state index in [1.54, 1.807) is 0 Å². The van der Waals surface area contributed by atoms with Gasteiger partial charge in [0.15, 0.2) is 0 Å². The van der Waals surface area contributed by atoms with Crippen molar-refractivity contribution < 1.29 is 9.32 Å². The maximum absolute atomic E-state index is 13.3. The predicted octanol–water partition coefficient (Wildman–Crippen LogP) is 3.05. The second kappa shape index (κ2) is 6.50. The fraction of sp³-hybridized carbons (Fsp3) is 0.632. The molecule has 0 aromatic carbocycles. The van der Waals surface area contributed by atoms with Crippen LogP contribution >= 0.6 is 12.4 Å². The van der Waals surface area contributed by atoms with Crippen LogP contribution < -0.4 is 5.32 Å². The Hall–Kier alpha value is -1.66. The lowest BCUT2D eigenvalue weighted by atomic mass is 9.77. The standard InChI is InChI=1S/C19H24N4O2.ClH/c1-12-16-14(10-15(13-2-3-13)21-17(16)25-22-12)18(24)23-8-5-19(6-9-23)4-7-20-11-19;/h10,13,20H,2-9,11H2,1H3;1H. The fourth-order valence-electron chi connectivity index (χ4n) is 4.45. The summed E-state index contributed by atoms with van der Waals surface area (Å²) in [6.45, 7) is 5.78. The highest BCUT2D eigenvalue weighted by Gasteiger charge is 2.39. The van der Waals surface area contributed by atoms with E-state index in [1.165, 1.54) is 6.42 Å². The number of hydrogen-bond acceptors (Lipinski definition) is 5. The van der Waals surface area contributed by atoms with Crippen molar-refractivity contribution >= 4 is 29.4 Å². The maximum Gasteiger partial charge on any atom is 0.259 e. The lowest BCUT2D eigenvalue weighted by Crippen LogP contribution is -2.44. The quantitative estimate of drug-likeness (QED) is 0.872. The molecule has 0 radical (unpaired) electrons. The normalized spacial score (nSPS) is 22.0. The summed E-state index contributed by atoms with van der Waals surface area (Å²) in [5.74, 6) is 0.594. The van der Waals surface area contributed by atoms with E-state index in [2.05, 4.69) is 15.5 Å². The van der Waals surface area contributed by atoms with Crippen LogP contribution in [0.2, 0.25) is 0 Å². The van der Waals surface area contributed by atoms with Crippen molar-refractivity contribution in [3.63, 3.8) is 0 Å². The van der Waals surface area contributed by atoms with E-state index in [-0.39, 0.29) is 18.3 Å². The number of hydrogen-bond donors (Lipinski definition) is 1. The van der Waals surface area contributed by atoms with Crippen LogP contribution in [0.1, 0.15) is 59.8 Å². The molecule has 26 heavy (non-hydrogen) atoms. The third-order valence-corrected chi connectivity index (χ3v) is 6.31. The SMILES string of the molecule is Cc1noc2nc(C3CC3)cc(C(=O)N3CCC4(CCNC4)CC3)c12.Cl. The molecule has 2 saturated heterocycles. The van der Waals surface area contributed by atoms with Gasteiger partial charge in [0.05, 0.1) is 16.6 Å². The lowest BCUT2D eigenvalue weighted by Gasteiger charge is -2.39. The van der Waals surface area contributed by atoms with E-state index in [4.69, 9.17) is 4.52 Å². The molecule has 2 aromatic rings. The Morgan fingerprint density at radius 3 is 2.73 bits per heavy atom. The van der Waals surface area contributed by atoms with Gasteiger partial charge in [-0.1, -0.05) is 5.16 Å². The number of aryl methyl sites for hydroxylation is 1. The predicted molar refractivity (Wildman–Crippen MR) is 101 cm³/mol. The van der Waals surface area contributed by atoms with Crippen LogP contribution in [0.25, 0.3) is 11.1 Å². The average Bonchev–Trinajstić information content (AvgIpc) is 3.29. The highest BCUT2D eigenvalue weighted by Crippen LogP contribution is 2.41. The van der Waals surface area contributed by atoms with Crippen molar-refractivity contribution in [1.82, 2.24) is 20.4 Å². The molecule has 1 saturated carbocycles. The van der Waals surface area contributed by atoms with Crippen LogP contribution in [0.4, 0.5) is 0 Å². The molecular weight excluding hydrogens is 352 g/mol. The molecule has 2 aromatic heterocycles. The molecule has 0 atom stereocenters. The molecule has 4 heterocycles. The highest BCUT2D eigenvalue weighted by molar-refractivity contribution is 6.06. The van der Waals surface area contributed by atoms with Crippen molar-refractivity contribution in [2.45, 2.75) is 44.9 Å². The Labute approximate surface area is 159 Å². The number of rotatable bonds is 2. The van der Waals surface area contributed by atoms with Crippen LogP contribution in [-0.4, -0.2) is 47.1 Å². The Kier molecular flexibility index (Phi) is 4.43. The smallest absolute Gasteiger partial charge is 0.259 e. The van der Waals surface area contributed by atoms with E-state index < -0.39 is 0 Å². The molecule has 0 unspecified atom stereocenters. The first kappa shape index (κ1) is 17.7. The molecule has 3 aliphatic rings. The molecule has 7 heteroatoms. The zero-order valence-electron chi connectivity index (χ0n) is 15.1. The van der Waals surface area contributed by atoms with Gasteiger partial charge in [-0.05, 0) is 57.1 Å². The Morgan fingerprint density at radius 1 is 1.31 bits per heavy atom. The van der Waals surface area contributed by atoms with Gasteiger partial charge in [-0.3, -0.25) is 4.79 Å². The van der Waals surface area contributed by atoms with Crippen LogP contribution in [0.5, 0.6) is 0 Å². The second-order valence-corrected chi connectivity index (χ2v) is 8.04. The molecule has 1 N–H and O–H groups in total. The molecule has 6 nitrogen and oxygen atoms in total. The van der Waals surface area contributed by atoms with Gasteiger partial charge < -0.3 is 14.7 Å². The summed E-state index contributed by atoms with van der Waals surface area (Å²) in [5, 5.41) is 8.32. The summed E-state index contributed by atoms with van der Waals surface area (Å²) in [5.41, 5.74) is 3.39. The van der Waals surface area contributed by atoms with Gasteiger partial charge in [0, 0.05) is 31.2 Å². The zero-order valence-corrected chi connectivity index (χ0v) is 15.9. The average molecular weight is 377 g/mol. The molecule has 5 rings (SSSR count). The molecule has 2 aliphatic heterocycles. The van der Waals surface area contributed by atoms with Crippen molar-refractivity contribution in [2.24, 2.45) is 5.41 Å². The summed E-state index contributed by atoms with van der Waals surface area (Å²) in [4.78, 5) is 19.9. The van der Waals surface area contributed by atoms with E-state index >= 15 is 0 Å². The minimum absolute atomic E-state index is 0. The van der Waals surface area contributed by atoms with Crippen LogP contribution in [-0.2, 0) is 0 Å². The van der Waals surface area contributed by atoms with Crippen molar-refractivity contribution in [2.75, 3.05) is 26.2 Å². The lowest BCUT2D eigenvalue weighted by molar-refractivity contribution is 0.0609. The third kappa shape index (κ3) is 2.89. The number of likely N-dealkylation sites (tertiary alicyclic amines) is 1. The topological polar surface area (TPSA) is 71.3 Å². The van der Waals surface area contributed by atoms with E-state index in [9.17, 15) is 4.79 Å². The van der Waals surface area contributed by atoms with Crippen LogP contribution in [0, 0.1) is 12.3 Å². The molecule has 0 bridgehead atoms. The van der Waals surface area contributed by atoms with E-state index in [0.29, 0.717) is 17.0 Å². The number of nitrogens with zero attached hydrogens (tertiary/aromatic N) is 3. The van der Waals surface area contributed by atoms with Gasteiger partial charge in [-0.15, -0.1) is 12.4 Å². The van der Waals surface area contributed by atoms with Gasteiger partial charge in [0.2, 0.25) is 0 Å². The summed E-state index contributed by atoms with van der Waals surface area (Å²) >= 11 is 0. The second-order valence-electron chi connectivity index (χ2n) is 8.04. The first-order valence-electron chi connectivity index (χ1n) is 9.42. The van der Waals surface area contributed by atoms with Crippen LogP contribution in [0.15, 0.2) is 10.6 Å². The molecule has 1 aliphatic carbocycles. The van der Waals surface area contributed by atoms with Crippen molar-refractivity contribution in [3.8, 4) is 0 Å². The maximum atomic E-state index is 13.3. The summed E-state index contributed by atoms with van der Waals surface area (Å²) in [6.07, 6.45) is 5.73. The van der Waals surface area contributed by atoms with Gasteiger partial charge in [-0.25, -0.2) is 4.98 Å². The largest absolute Gasteiger partial charge is 0.339 e. The Bertz CT molecular complexity index is 829. The van der Waals surface area contributed by atoms with Gasteiger partial charge >= 0.3 is 0 Å². The first-order valence-corrected chi connectivity index (χ1v) is 9.42. The fourth-order valence-corrected chi connectivity index (χ4v) is 4.45. The zero-order chi connectivity index (χ0) is 17.0. The van der Waals surface area contributed by atoms with E-state index in [1.807, 2.05) is 17.9 Å². The van der Waals surface area contributed by atoms with Gasteiger partial charge in [0.1, 0.15) is 0 Å². The minimum Gasteiger partial charge on any atom is -0.339 e. The highest BCUT2D eigenvalue weighted by atomic mass is 35.5. The summed E-state index contributed by atoms with van der Waals surface area (Å²) < 4.78 is 5.38. The number of nitrogens with one attached hydrogen (secondary N) is 1. The molecule has 140 valence electrons. The summed E-state index contributed by atoms with van der Waals surface area (Å²) in [7, 11) is 0. The third-order valence-electron chi connectivity index (χ3n) is 6.31. The van der Waals surface area contributed by atoms with Crippen molar-refractivity contribution in [3.05, 3.63) is 23.0 Å². The number of carbonyl (C=O) groups is 1. The molecule has 3 fully saturated rings. The minimum atomic E-state index is 0. The van der Waals surface area contributed by atoms with E-state index in [0.717, 1.165) is 74.2 Å². The number of halogens is 1. The number of carbonyl (C=O) groups excluding carboxylic acids is 1. The first-order chi connectivity index (χ1) is 12.2. The molecule has 1 amide bonds. The molecular formula is C19H25ClN4O2. The van der Waals surface area contributed by atoms with Gasteiger partial charge in [0.25, 0.3) is 11.6 Å². The monoisotopic (exact) mass is 376 g/mol. The number of aromatic nitrogens is 2. The number of fused-ring (bicyclic) bond motifs is 1. The Balaban J connectivity index is 0.00000168.